The number of aryl methyl sites for hydroxylation is 1. The Kier molecular flexibility index (Phi) is 8.19. The lowest BCUT2D eigenvalue weighted by Crippen LogP contribution is -2.33. The summed E-state index contributed by atoms with van der Waals surface area (Å²) in [5, 5.41) is 3.03. The SMILES string of the molecule is COc1cc(OC)c(C(=O)NC(C)CCc2ccc(OC(C)C)cc2)cc1OC. The zero-order valence-corrected chi connectivity index (χ0v) is 18.1. The van der Waals surface area contributed by atoms with Crippen LogP contribution in [-0.4, -0.2) is 39.4 Å². The molecule has 2 rings (SSSR count). The van der Waals surface area contributed by atoms with Crippen LogP contribution in [0.25, 0.3) is 0 Å². The first-order valence-electron chi connectivity index (χ1n) is 9.74. The molecule has 2 aromatic rings. The molecule has 0 spiro atoms. The highest BCUT2D eigenvalue weighted by Gasteiger charge is 2.19. The van der Waals surface area contributed by atoms with Crippen molar-refractivity contribution in [2.75, 3.05) is 21.3 Å². The van der Waals surface area contributed by atoms with Crippen LogP contribution in [0.15, 0.2) is 36.4 Å². The third-order valence-electron chi connectivity index (χ3n) is 4.49. The predicted octanol–water partition coefficient (Wildman–Crippen LogP) is 4.25. The molecule has 2 aromatic carbocycles. The van der Waals surface area contributed by atoms with Gasteiger partial charge in [-0.25, -0.2) is 0 Å². The van der Waals surface area contributed by atoms with Crippen LogP contribution in [0.2, 0.25) is 0 Å². The van der Waals surface area contributed by atoms with Crippen LogP contribution < -0.4 is 24.3 Å². The van der Waals surface area contributed by atoms with Crippen molar-refractivity contribution in [1.29, 1.82) is 0 Å². The molecule has 6 nitrogen and oxygen atoms in total. The molecule has 1 N–H and O–H groups in total. The van der Waals surface area contributed by atoms with E-state index in [1.54, 1.807) is 19.2 Å². The molecule has 0 aliphatic carbocycles. The van der Waals surface area contributed by atoms with E-state index in [9.17, 15) is 4.79 Å². The largest absolute Gasteiger partial charge is 0.496 e. The molecule has 29 heavy (non-hydrogen) atoms. The van der Waals surface area contributed by atoms with E-state index in [-0.39, 0.29) is 18.1 Å². The molecule has 0 aromatic heterocycles. The first kappa shape index (κ1) is 22.4. The number of rotatable bonds is 10. The number of carbonyl (C=O) groups excluding carboxylic acids is 1. The van der Waals surface area contributed by atoms with Crippen molar-refractivity contribution in [2.24, 2.45) is 0 Å². The van der Waals surface area contributed by atoms with Gasteiger partial charge >= 0.3 is 0 Å². The molecule has 0 saturated heterocycles. The number of hydrogen-bond donors (Lipinski definition) is 1. The van der Waals surface area contributed by atoms with E-state index in [2.05, 4.69) is 17.4 Å². The fourth-order valence-electron chi connectivity index (χ4n) is 2.97. The first-order valence-corrected chi connectivity index (χ1v) is 9.74. The molecular formula is C23H31NO5. The van der Waals surface area contributed by atoms with Gasteiger partial charge in [0.05, 0.1) is 33.0 Å². The molecule has 6 heteroatoms. The minimum absolute atomic E-state index is 0.00751. The normalized spacial score (nSPS) is 11.7. The zero-order chi connectivity index (χ0) is 21.4. The standard InChI is InChI=1S/C23H31NO5/c1-15(2)29-18-11-9-17(10-12-18)8-7-16(3)24-23(25)19-13-21(27-5)22(28-6)14-20(19)26-4/h9-16H,7-8H2,1-6H3,(H,24,25). The lowest BCUT2D eigenvalue weighted by atomic mass is 10.1. The molecule has 0 fully saturated rings. The van der Waals surface area contributed by atoms with Crippen LogP contribution in [0.3, 0.4) is 0 Å². The summed E-state index contributed by atoms with van der Waals surface area (Å²) >= 11 is 0. The Morgan fingerprint density at radius 3 is 2.03 bits per heavy atom. The van der Waals surface area contributed by atoms with E-state index in [0.29, 0.717) is 22.8 Å². The van der Waals surface area contributed by atoms with Crippen LogP contribution in [0.5, 0.6) is 23.0 Å². The van der Waals surface area contributed by atoms with Crippen molar-refractivity contribution >= 4 is 5.91 Å². The van der Waals surface area contributed by atoms with Crippen molar-refractivity contribution in [3.8, 4) is 23.0 Å². The quantitative estimate of drug-likeness (QED) is 0.645. The van der Waals surface area contributed by atoms with Gasteiger partial charge in [0, 0.05) is 18.2 Å². The van der Waals surface area contributed by atoms with Gasteiger partial charge in [0.1, 0.15) is 11.5 Å². The fraction of sp³-hybridized carbons (Fsp3) is 0.435. The maximum atomic E-state index is 12.8. The third kappa shape index (κ3) is 6.31. The Hall–Kier alpha value is -2.89. The average Bonchev–Trinajstić information content (AvgIpc) is 2.71. The summed E-state index contributed by atoms with van der Waals surface area (Å²) in [6.45, 7) is 6.00. The van der Waals surface area contributed by atoms with E-state index in [1.807, 2.05) is 32.9 Å². The van der Waals surface area contributed by atoms with Crippen molar-refractivity contribution in [1.82, 2.24) is 5.32 Å². The van der Waals surface area contributed by atoms with Crippen LogP contribution in [0.1, 0.15) is 43.1 Å². The summed E-state index contributed by atoms with van der Waals surface area (Å²) in [4.78, 5) is 12.8. The third-order valence-corrected chi connectivity index (χ3v) is 4.49. The number of hydrogen-bond acceptors (Lipinski definition) is 5. The van der Waals surface area contributed by atoms with Crippen LogP contribution in [-0.2, 0) is 6.42 Å². The summed E-state index contributed by atoms with van der Waals surface area (Å²) in [7, 11) is 4.60. The average molecular weight is 402 g/mol. The second-order valence-electron chi connectivity index (χ2n) is 7.13. The van der Waals surface area contributed by atoms with Gasteiger partial charge in [0.15, 0.2) is 11.5 Å². The molecule has 1 atom stereocenters. The highest BCUT2D eigenvalue weighted by molar-refractivity contribution is 5.98. The van der Waals surface area contributed by atoms with Gasteiger partial charge in [0.25, 0.3) is 5.91 Å². The Labute approximate surface area is 173 Å². The molecule has 0 aliphatic heterocycles. The fourth-order valence-corrected chi connectivity index (χ4v) is 2.97. The summed E-state index contributed by atoms with van der Waals surface area (Å²) < 4.78 is 21.6. The molecule has 0 heterocycles. The number of benzene rings is 2. The van der Waals surface area contributed by atoms with E-state index >= 15 is 0 Å². The van der Waals surface area contributed by atoms with Crippen molar-refractivity contribution in [2.45, 2.75) is 45.8 Å². The van der Waals surface area contributed by atoms with Crippen molar-refractivity contribution in [3.63, 3.8) is 0 Å². The molecule has 0 aliphatic rings. The van der Waals surface area contributed by atoms with Crippen LogP contribution in [0, 0.1) is 0 Å². The number of carbonyl (C=O) groups is 1. The van der Waals surface area contributed by atoms with E-state index in [4.69, 9.17) is 18.9 Å². The lowest BCUT2D eigenvalue weighted by Gasteiger charge is -2.17. The number of ether oxygens (including phenoxy) is 4. The van der Waals surface area contributed by atoms with Crippen LogP contribution >= 0.6 is 0 Å². The Morgan fingerprint density at radius 2 is 1.48 bits per heavy atom. The Morgan fingerprint density at radius 1 is 0.897 bits per heavy atom. The topological polar surface area (TPSA) is 66.0 Å². The van der Waals surface area contributed by atoms with Crippen LogP contribution in [0.4, 0.5) is 0 Å². The van der Waals surface area contributed by atoms with E-state index in [0.717, 1.165) is 18.6 Å². The number of nitrogens with one attached hydrogen (secondary N) is 1. The molecule has 1 amide bonds. The summed E-state index contributed by atoms with van der Waals surface area (Å²) in [5.74, 6) is 2.09. The van der Waals surface area contributed by atoms with Gasteiger partial charge in [0.2, 0.25) is 0 Å². The lowest BCUT2D eigenvalue weighted by molar-refractivity contribution is 0.0935. The zero-order valence-electron chi connectivity index (χ0n) is 18.1. The summed E-state index contributed by atoms with van der Waals surface area (Å²) in [6.07, 6.45) is 1.82. The maximum Gasteiger partial charge on any atom is 0.255 e. The van der Waals surface area contributed by atoms with E-state index < -0.39 is 0 Å². The van der Waals surface area contributed by atoms with Crippen molar-refractivity contribution in [3.05, 3.63) is 47.5 Å². The maximum absolute atomic E-state index is 12.8. The van der Waals surface area contributed by atoms with Gasteiger partial charge < -0.3 is 24.3 Å². The molecule has 0 bridgehead atoms. The minimum atomic E-state index is -0.212. The molecule has 1 unspecified atom stereocenters. The second-order valence-corrected chi connectivity index (χ2v) is 7.13. The van der Waals surface area contributed by atoms with Gasteiger partial charge in [-0.1, -0.05) is 12.1 Å². The van der Waals surface area contributed by atoms with Crippen molar-refractivity contribution < 1.29 is 23.7 Å². The van der Waals surface area contributed by atoms with Gasteiger partial charge in [-0.2, -0.15) is 0 Å². The number of methoxy groups -OCH3 is 3. The predicted molar refractivity (Wildman–Crippen MR) is 114 cm³/mol. The summed E-state index contributed by atoms with van der Waals surface area (Å²) in [6, 6.07) is 11.4. The Bertz CT molecular complexity index is 802. The monoisotopic (exact) mass is 401 g/mol. The number of amides is 1. The minimum Gasteiger partial charge on any atom is -0.496 e. The van der Waals surface area contributed by atoms with Gasteiger partial charge in [-0.15, -0.1) is 0 Å². The Balaban J connectivity index is 1.98. The molecule has 0 saturated carbocycles. The van der Waals surface area contributed by atoms with E-state index in [1.165, 1.54) is 19.8 Å². The second kappa shape index (κ2) is 10.6. The highest BCUT2D eigenvalue weighted by atomic mass is 16.5. The smallest absolute Gasteiger partial charge is 0.255 e. The molecular weight excluding hydrogens is 370 g/mol. The summed E-state index contributed by atoms with van der Waals surface area (Å²) in [5.41, 5.74) is 1.61. The molecule has 0 radical (unpaired) electrons. The van der Waals surface area contributed by atoms with Gasteiger partial charge in [-0.3, -0.25) is 4.79 Å². The molecule has 158 valence electrons. The highest BCUT2D eigenvalue weighted by Crippen LogP contribution is 2.34. The first-order chi connectivity index (χ1) is 13.9. The van der Waals surface area contributed by atoms with Gasteiger partial charge in [-0.05, 0) is 51.3 Å².